The zero-order valence-electron chi connectivity index (χ0n) is 7.27. The second-order valence-electron chi connectivity index (χ2n) is 3.21. The molecule has 0 aliphatic carbocycles. The standard InChI is InChI=1S/C9H8N4O/c14-9-8-2-1-6-5-10-4-3-7(6)13(8)12-11-9/h1-5,8,12H,(H,11,14). The van der Waals surface area contributed by atoms with Crippen molar-refractivity contribution in [3.05, 3.63) is 30.1 Å². The third-order valence-corrected chi connectivity index (χ3v) is 2.39. The van der Waals surface area contributed by atoms with Gasteiger partial charge in [0.05, 0.1) is 5.69 Å². The molecule has 1 unspecified atom stereocenters. The van der Waals surface area contributed by atoms with Crippen LogP contribution in [0.4, 0.5) is 5.69 Å². The number of carbonyl (C=O) groups is 1. The van der Waals surface area contributed by atoms with Crippen LogP contribution in [0.5, 0.6) is 0 Å². The maximum Gasteiger partial charge on any atom is 0.263 e. The molecule has 14 heavy (non-hydrogen) atoms. The second-order valence-corrected chi connectivity index (χ2v) is 3.21. The normalized spacial score (nSPS) is 23.0. The van der Waals surface area contributed by atoms with Gasteiger partial charge in [0.2, 0.25) is 0 Å². The number of fused-ring (bicyclic) bond motifs is 3. The van der Waals surface area contributed by atoms with Gasteiger partial charge in [-0.3, -0.25) is 20.2 Å². The highest BCUT2D eigenvalue weighted by molar-refractivity contribution is 5.93. The molecule has 1 amide bonds. The Balaban J connectivity index is 2.13. The lowest BCUT2D eigenvalue weighted by atomic mass is 10.1. The number of hydrogen-bond donors (Lipinski definition) is 2. The van der Waals surface area contributed by atoms with E-state index in [1.54, 1.807) is 17.4 Å². The van der Waals surface area contributed by atoms with Crippen molar-refractivity contribution < 1.29 is 4.79 Å². The second kappa shape index (κ2) is 2.55. The van der Waals surface area contributed by atoms with E-state index in [0.29, 0.717) is 0 Å². The average molecular weight is 188 g/mol. The Hall–Kier alpha value is -1.88. The summed E-state index contributed by atoms with van der Waals surface area (Å²) >= 11 is 0. The van der Waals surface area contributed by atoms with Crippen molar-refractivity contribution in [2.24, 2.45) is 0 Å². The first-order chi connectivity index (χ1) is 6.86. The van der Waals surface area contributed by atoms with E-state index in [9.17, 15) is 4.79 Å². The molecule has 5 nitrogen and oxygen atoms in total. The highest BCUT2D eigenvalue weighted by atomic mass is 16.2. The molecule has 1 atom stereocenters. The molecular weight excluding hydrogens is 180 g/mol. The first-order valence-electron chi connectivity index (χ1n) is 4.33. The predicted molar refractivity (Wildman–Crippen MR) is 50.8 cm³/mol. The monoisotopic (exact) mass is 188 g/mol. The van der Waals surface area contributed by atoms with Gasteiger partial charge in [-0.25, -0.2) is 0 Å². The van der Waals surface area contributed by atoms with Crippen LogP contribution in [0.1, 0.15) is 5.56 Å². The Labute approximate surface area is 80.4 Å². The van der Waals surface area contributed by atoms with Crippen LogP contribution in [-0.4, -0.2) is 16.9 Å². The van der Waals surface area contributed by atoms with E-state index in [2.05, 4.69) is 15.9 Å². The van der Waals surface area contributed by atoms with E-state index in [1.807, 2.05) is 18.2 Å². The summed E-state index contributed by atoms with van der Waals surface area (Å²) in [6.07, 6.45) is 7.24. The number of nitrogens with zero attached hydrogens (tertiary/aromatic N) is 2. The number of carbonyl (C=O) groups excluding carboxylic acids is 1. The van der Waals surface area contributed by atoms with Gasteiger partial charge in [0.1, 0.15) is 6.04 Å². The van der Waals surface area contributed by atoms with Crippen LogP contribution in [0, 0.1) is 0 Å². The van der Waals surface area contributed by atoms with Crippen molar-refractivity contribution in [1.82, 2.24) is 15.9 Å². The Bertz CT molecular complexity index is 429. The molecule has 0 bridgehead atoms. The van der Waals surface area contributed by atoms with Crippen molar-refractivity contribution in [2.45, 2.75) is 6.04 Å². The van der Waals surface area contributed by atoms with Gasteiger partial charge in [-0.15, -0.1) is 5.53 Å². The average Bonchev–Trinajstić information content (AvgIpc) is 2.61. The molecule has 0 saturated carbocycles. The summed E-state index contributed by atoms with van der Waals surface area (Å²) in [7, 11) is 0. The van der Waals surface area contributed by atoms with Gasteiger partial charge >= 0.3 is 0 Å². The lowest BCUT2D eigenvalue weighted by Crippen LogP contribution is -2.40. The third kappa shape index (κ3) is 0.869. The molecule has 0 spiro atoms. The molecule has 1 fully saturated rings. The van der Waals surface area contributed by atoms with Crippen molar-refractivity contribution in [2.75, 3.05) is 5.01 Å². The van der Waals surface area contributed by atoms with Crippen LogP contribution in [-0.2, 0) is 4.79 Å². The first kappa shape index (κ1) is 7.52. The fraction of sp³-hybridized carbons (Fsp3) is 0.111. The van der Waals surface area contributed by atoms with E-state index >= 15 is 0 Å². The molecule has 2 N–H and O–H groups in total. The van der Waals surface area contributed by atoms with Crippen molar-refractivity contribution in [3.63, 3.8) is 0 Å². The smallest absolute Gasteiger partial charge is 0.263 e. The molecule has 0 radical (unpaired) electrons. The Morgan fingerprint density at radius 2 is 2.43 bits per heavy atom. The highest BCUT2D eigenvalue weighted by Crippen LogP contribution is 2.27. The Morgan fingerprint density at radius 3 is 3.36 bits per heavy atom. The van der Waals surface area contributed by atoms with Crippen molar-refractivity contribution in [3.8, 4) is 0 Å². The molecular formula is C9H8N4O. The molecule has 70 valence electrons. The number of hydrazine groups is 2. The number of amides is 1. The van der Waals surface area contributed by atoms with E-state index in [-0.39, 0.29) is 11.9 Å². The van der Waals surface area contributed by atoms with Crippen LogP contribution in [0.25, 0.3) is 6.08 Å². The fourth-order valence-corrected chi connectivity index (χ4v) is 1.70. The minimum absolute atomic E-state index is 0.0382. The van der Waals surface area contributed by atoms with E-state index in [0.717, 1.165) is 11.3 Å². The predicted octanol–water partition coefficient (Wildman–Crippen LogP) is -0.167. The number of hydrogen-bond acceptors (Lipinski definition) is 4. The summed E-state index contributed by atoms with van der Waals surface area (Å²) in [6.45, 7) is 0. The summed E-state index contributed by atoms with van der Waals surface area (Å²) in [5.41, 5.74) is 7.36. The molecule has 1 aromatic rings. The number of pyridine rings is 1. The van der Waals surface area contributed by atoms with Gasteiger partial charge in [-0.05, 0) is 6.07 Å². The summed E-state index contributed by atoms with van der Waals surface area (Å²) < 4.78 is 0. The maximum atomic E-state index is 11.3. The van der Waals surface area contributed by atoms with Crippen LogP contribution in [0.2, 0.25) is 0 Å². The topological polar surface area (TPSA) is 57.3 Å². The van der Waals surface area contributed by atoms with Gasteiger partial charge < -0.3 is 0 Å². The van der Waals surface area contributed by atoms with Gasteiger partial charge in [0, 0.05) is 18.0 Å². The summed E-state index contributed by atoms with van der Waals surface area (Å²) in [4.78, 5) is 15.4. The van der Waals surface area contributed by atoms with Crippen molar-refractivity contribution >= 4 is 17.7 Å². The lowest BCUT2D eigenvalue weighted by molar-refractivity contribution is -0.119. The largest absolute Gasteiger partial charge is 0.274 e. The molecule has 1 aromatic heterocycles. The van der Waals surface area contributed by atoms with E-state index < -0.39 is 0 Å². The van der Waals surface area contributed by atoms with Crippen LogP contribution >= 0.6 is 0 Å². The molecule has 3 heterocycles. The van der Waals surface area contributed by atoms with E-state index in [4.69, 9.17) is 0 Å². The SMILES string of the molecule is O=C1NNN2c3ccncc3C=CC12. The maximum absolute atomic E-state index is 11.3. The highest BCUT2D eigenvalue weighted by Gasteiger charge is 2.33. The van der Waals surface area contributed by atoms with Gasteiger partial charge in [0.15, 0.2) is 0 Å². The van der Waals surface area contributed by atoms with Gasteiger partial charge in [0.25, 0.3) is 5.91 Å². The Morgan fingerprint density at radius 1 is 1.50 bits per heavy atom. The minimum Gasteiger partial charge on any atom is -0.274 e. The fourth-order valence-electron chi connectivity index (χ4n) is 1.70. The quantitative estimate of drug-likeness (QED) is 0.593. The molecule has 0 aromatic carbocycles. The molecule has 2 aliphatic heterocycles. The Kier molecular flexibility index (Phi) is 1.37. The van der Waals surface area contributed by atoms with Crippen LogP contribution in [0.15, 0.2) is 24.5 Å². The summed E-state index contributed by atoms with van der Waals surface area (Å²) in [5, 5.41) is 1.79. The minimum atomic E-state index is -0.245. The number of nitrogens with one attached hydrogen (secondary N) is 2. The van der Waals surface area contributed by atoms with Crippen molar-refractivity contribution in [1.29, 1.82) is 0 Å². The molecule has 1 saturated heterocycles. The molecule has 5 heteroatoms. The molecule has 3 rings (SSSR count). The zero-order chi connectivity index (χ0) is 9.54. The van der Waals surface area contributed by atoms with Crippen LogP contribution < -0.4 is 16.0 Å². The number of aromatic nitrogens is 1. The van der Waals surface area contributed by atoms with E-state index in [1.165, 1.54) is 0 Å². The molecule has 2 aliphatic rings. The first-order valence-corrected chi connectivity index (χ1v) is 4.33. The zero-order valence-corrected chi connectivity index (χ0v) is 7.27. The van der Waals surface area contributed by atoms with Gasteiger partial charge in [-0.1, -0.05) is 12.2 Å². The lowest BCUT2D eigenvalue weighted by Gasteiger charge is -2.25. The third-order valence-electron chi connectivity index (χ3n) is 2.39. The van der Waals surface area contributed by atoms with Gasteiger partial charge in [-0.2, -0.15) is 0 Å². The van der Waals surface area contributed by atoms with Crippen LogP contribution in [0.3, 0.4) is 0 Å². The summed E-state index contributed by atoms with van der Waals surface area (Å²) in [6, 6.07) is 1.63. The summed E-state index contributed by atoms with van der Waals surface area (Å²) in [5.74, 6) is -0.0382. The number of rotatable bonds is 0. The number of anilines is 1.